The number of hydrogen-bond donors (Lipinski definition) is 0. The normalized spacial score (nSPS) is 19.1. The molecule has 0 aromatic heterocycles. The van der Waals surface area contributed by atoms with Crippen LogP contribution in [0.25, 0.3) is 0 Å². The third-order valence-corrected chi connectivity index (χ3v) is 4.84. The summed E-state index contributed by atoms with van der Waals surface area (Å²) in [4.78, 5) is 14.1. The van der Waals surface area contributed by atoms with Crippen LogP contribution in [-0.2, 0) is 11.3 Å². The molecule has 0 saturated carbocycles. The number of ether oxygens (including phenoxy) is 1. The zero-order chi connectivity index (χ0) is 17.6. The second-order valence-electron chi connectivity index (χ2n) is 5.57. The lowest BCUT2D eigenvalue weighted by atomic mass is 10.2. The van der Waals surface area contributed by atoms with Gasteiger partial charge >= 0.3 is 0 Å². The average molecular weight is 353 g/mol. The molecule has 0 aliphatic carbocycles. The standard InChI is InChI=1S/C19H19N3O2S/c1-14-18(23)22(13-16-8-10-17(24-2)11-9-16)19(25-14)21-20-12-15-6-4-3-5-7-15/h3-12,14H,13H2,1-2H3/b20-12-,21-19+/t14-/m0/s1. The number of benzene rings is 2. The molecule has 2 aromatic rings. The topological polar surface area (TPSA) is 54.3 Å². The van der Waals surface area contributed by atoms with E-state index in [1.807, 2.05) is 61.5 Å². The molecule has 0 bridgehead atoms. The maximum absolute atomic E-state index is 12.4. The van der Waals surface area contributed by atoms with Gasteiger partial charge in [-0.25, -0.2) is 0 Å². The van der Waals surface area contributed by atoms with Crippen LogP contribution >= 0.6 is 11.8 Å². The zero-order valence-electron chi connectivity index (χ0n) is 14.1. The summed E-state index contributed by atoms with van der Waals surface area (Å²) in [5.41, 5.74) is 1.99. The Kier molecular flexibility index (Phi) is 5.50. The zero-order valence-corrected chi connectivity index (χ0v) is 14.9. The smallest absolute Gasteiger partial charge is 0.242 e. The van der Waals surface area contributed by atoms with E-state index in [4.69, 9.17) is 4.74 Å². The molecule has 1 aliphatic rings. The van der Waals surface area contributed by atoms with Gasteiger partial charge in [0, 0.05) is 0 Å². The summed E-state index contributed by atoms with van der Waals surface area (Å²) in [7, 11) is 1.63. The highest BCUT2D eigenvalue weighted by molar-refractivity contribution is 8.15. The summed E-state index contributed by atoms with van der Waals surface area (Å²) >= 11 is 1.43. The van der Waals surface area contributed by atoms with Crippen LogP contribution in [-0.4, -0.2) is 34.5 Å². The number of nitrogens with zero attached hydrogens (tertiary/aromatic N) is 3. The first-order chi connectivity index (χ1) is 12.2. The maximum Gasteiger partial charge on any atom is 0.242 e. The molecule has 1 aliphatic heterocycles. The van der Waals surface area contributed by atoms with Crippen LogP contribution in [0.4, 0.5) is 0 Å². The first-order valence-electron chi connectivity index (χ1n) is 7.94. The van der Waals surface area contributed by atoms with Gasteiger partial charge in [0.2, 0.25) is 5.91 Å². The van der Waals surface area contributed by atoms with Crippen molar-refractivity contribution in [2.24, 2.45) is 10.2 Å². The Morgan fingerprint density at radius 2 is 1.88 bits per heavy atom. The van der Waals surface area contributed by atoms with E-state index >= 15 is 0 Å². The van der Waals surface area contributed by atoms with E-state index in [-0.39, 0.29) is 11.2 Å². The number of rotatable bonds is 5. The molecule has 0 radical (unpaired) electrons. The predicted molar refractivity (Wildman–Crippen MR) is 102 cm³/mol. The molecule has 6 heteroatoms. The highest BCUT2D eigenvalue weighted by Gasteiger charge is 2.35. The van der Waals surface area contributed by atoms with E-state index < -0.39 is 0 Å². The minimum Gasteiger partial charge on any atom is -0.497 e. The summed E-state index contributed by atoms with van der Waals surface area (Å²) in [5, 5.41) is 8.88. The summed E-state index contributed by atoms with van der Waals surface area (Å²) in [5.74, 6) is 0.843. The van der Waals surface area contributed by atoms with Gasteiger partial charge in [0.25, 0.3) is 0 Å². The summed E-state index contributed by atoms with van der Waals surface area (Å²) in [6.45, 7) is 2.36. The molecule has 5 nitrogen and oxygen atoms in total. The fourth-order valence-electron chi connectivity index (χ4n) is 2.41. The molecule has 3 rings (SSSR count). The van der Waals surface area contributed by atoms with Crippen molar-refractivity contribution in [2.75, 3.05) is 7.11 Å². The lowest BCUT2D eigenvalue weighted by molar-refractivity contribution is -0.126. The van der Waals surface area contributed by atoms with Gasteiger partial charge in [-0.1, -0.05) is 54.2 Å². The molecule has 0 unspecified atom stereocenters. The van der Waals surface area contributed by atoms with Gasteiger partial charge < -0.3 is 4.74 Å². The molecule has 1 amide bonds. The van der Waals surface area contributed by atoms with Crippen molar-refractivity contribution in [2.45, 2.75) is 18.7 Å². The predicted octanol–water partition coefficient (Wildman–Crippen LogP) is 3.55. The Morgan fingerprint density at radius 1 is 1.16 bits per heavy atom. The van der Waals surface area contributed by atoms with E-state index in [1.165, 1.54) is 11.8 Å². The molecule has 25 heavy (non-hydrogen) atoms. The maximum atomic E-state index is 12.4. The number of amidine groups is 1. The summed E-state index contributed by atoms with van der Waals surface area (Å²) < 4.78 is 5.17. The fraction of sp³-hybridized carbons (Fsp3) is 0.211. The number of carbonyl (C=O) groups excluding carboxylic acids is 1. The average Bonchev–Trinajstić information content (AvgIpc) is 2.91. The lowest BCUT2D eigenvalue weighted by Gasteiger charge is -2.15. The molecule has 0 N–H and O–H groups in total. The Bertz CT molecular complexity index is 788. The van der Waals surface area contributed by atoms with Crippen LogP contribution in [0.5, 0.6) is 5.75 Å². The van der Waals surface area contributed by atoms with E-state index in [0.717, 1.165) is 16.9 Å². The Hall–Kier alpha value is -2.60. The van der Waals surface area contributed by atoms with Gasteiger partial charge in [-0.2, -0.15) is 5.10 Å². The van der Waals surface area contributed by atoms with Crippen LogP contribution < -0.4 is 4.74 Å². The van der Waals surface area contributed by atoms with Crippen molar-refractivity contribution < 1.29 is 9.53 Å². The van der Waals surface area contributed by atoms with E-state index in [9.17, 15) is 4.79 Å². The fourth-order valence-corrected chi connectivity index (χ4v) is 3.33. The van der Waals surface area contributed by atoms with Crippen molar-refractivity contribution in [3.8, 4) is 5.75 Å². The van der Waals surface area contributed by atoms with Gasteiger partial charge in [-0.3, -0.25) is 9.69 Å². The van der Waals surface area contributed by atoms with E-state index in [2.05, 4.69) is 10.2 Å². The van der Waals surface area contributed by atoms with Crippen molar-refractivity contribution in [1.29, 1.82) is 0 Å². The third kappa shape index (κ3) is 4.28. The monoisotopic (exact) mass is 353 g/mol. The van der Waals surface area contributed by atoms with Crippen LogP contribution in [0, 0.1) is 0 Å². The van der Waals surface area contributed by atoms with E-state index in [1.54, 1.807) is 18.2 Å². The van der Waals surface area contributed by atoms with Crippen molar-refractivity contribution in [3.05, 3.63) is 65.7 Å². The van der Waals surface area contributed by atoms with Gasteiger partial charge in [-0.15, -0.1) is 5.10 Å². The Morgan fingerprint density at radius 3 is 2.56 bits per heavy atom. The Balaban J connectivity index is 1.76. The minimum absolute atomic E-state index is 0.0504. The van der Waals surface area contributed by atoms with Crippen LogP contribution in [0.15, 0.2) is 64.8 Å². The van der Waals surface area contributed by atoms with Gasteiger partial charge in [0.05, 0.1) is 25.1 Å². The first-order valence-corrected chi connectivity index (χ1v) is 8.82. The minimum atomic E-state index is -0.149. The SMILES string of the molecule is COc1ccc(CN2C(=O)[C@H](C)S/C2=N/N=C\c2ccccc2)cc1. The number of hydrogen-bond acceptors (Lipinski definition) is 5. The van der Waals surface area contributed by atoms with Crippen molar-refractivity contribution >= 4 is 29.1 Å². The number of carbonyl (C=O) groups is 1. The number of amides is 1. The second-order valence-corrected chi connectivity index (χ2v) is 6.88. The van der Waals surface area contributed by atoms with E-state index in [0.29, 0.717) is 11.7 Å². The van der Waals surface area contributed by atoms with Crippen molar-refractivity contribution in [3.63, 3.8) is 0 Å². The summed E-state index contributed by atoms with van der Waals surface area (Å²) in [6, 6.07) is 17.4. The highest BCUT2D eigenvalue weighted by Crippen LogP contribution is 2.28. The number of methoxy groups -OCH3 is 1. The first kappa shape index (κ1) is 17.2. The van der Waals surface area contributed by atoms with Gasteiger partial charge in [0.1, 0.15) is 5.75 Å². The molecular formula is C19H19N3O2S. The van der Waals surface area contributed by atoms with Crippen LogP contribution in [0.1, 0.15) is 18.1 Å². The third-order valence-electron chi connectivity index (χ3n) is 3.78. The molecule has 0 spiro atoms. The van der Waals surface area contributed by atoms with Crippen LogP contribution in [0.3, 0.4) is 0 Å². The highest BCUT2D eigenvalue weighted by atomic mass is 32.2. The quantitative estimate of drug-likeness (QED) is 0.610. The largest absolute Gasteiger partial charge is 0.497 e. The number of thioether (sulfide) groups is 1. The molecule has 1 atom stereocenters. The van der Waals surface area contributed by atoms with Crippen molar-refractivity contribution in [1.82, 2.24) is 4.90 Å². The van der Waals surface area contributed by atoms with Crippen LogP contribution in [0.2, 0.25) is 0 Å². The molecule has 1 saturated heterocycles. The van der Waals surface area contributed by atoms with Gasteiger partial charge in [0.15, 0.2) is 5.17 Å². The molecular weight excluding hydrogens is 334 g/mol. The summed E-state index contributed by atoms with van der Waals surface area (Å²) in [6.07, 6.45) is 1.69. The van der Waals surface area contributed by atoms with Gasteiger partial charge in [-0.05, 0) is 30.2 Å². The molecule has 1 heterocycles. The second kappa shape index (κ2) is 7.98. The Labute approximate surface area is 151 Å². The lowest BCUT2D eigenvalue weighted by Crippen LogP contribution is -2.30. The molecule has 128 valence electrons. The molecule has 1 fully saturated rings. The molecule has 2 aromatic carbocycles.